The highest BCUT2D eigenvalue weighted by Gasteiger charge is 2.28. The van der Waals surface area contributed by atoms with Gasteiger partial charge in [-0.05, 0) is 51.2 Å². The molecule has 0 saturated heterocycles. The summed E-state index contributed by atoms with van der Waals surface area (Å²) in [6.45, 7) is 8.60. The van der Waals surface area contributed by atoms with Gasteiger partial charge in [0.15, 0.2) is 0 Å². The van der Waals surface area contributed by atoms with Gasteiger partial charge in [-0.2, -0.15) is 0 Å². The topological polar surface area (TPSA) is 23.5 Å². The van der Waals surface area contributed by atoms with Crippen molar-refractivity contribution >= 4 is 5.69 Å². The average molecular weight is 261 g/mol. The average Bonchev–Trinajstić information content (AvgIpc) is 2.41. The minimum Gasteiger partial charge on any atom is -0.393 e. The molecule has 106 valence electrons. The number of hydrogen-bond acceptors (Lipinski definition) is 2. The van der Waals surface area contributed by atoms with Gasteiger partial charge in [-0.3, -0.25) is 0 Å². The van der Waals surface area contributed by atoms with Gasteiger partial charge >= 0.3 is 0 Å². The van der Waals surface area contributed by atoms with Crippen LogP contribution in [0.15, 0.2) is 24.3 Å². The molecule has 1 aromatic rings. The Balaban J connectivity index is 2.03. The summed E-state index contributed by atoms with van der Waals surface area (Å²) in [5.41, 5.74) is 2.57. The summed E-state index contributed by atoms with van der Waals surface area (Å²) < 4.78 is 0. The van der Waals surface area contributed by atoms with Crippen LogP contribution in [0.4, 0.5) is 5.69 Å². The van der Waals surface area contributed by atoms with Gasteiger partial charge in [0.05, 0.1) is 6.10 Å². The van der Waals surface area contributed by atoms with Gasteiger partial charge < -0.3 is 10.0 Å². The highest BCUT2D eigenvalue weighted by atomic mass is 16.3. The summed E-state index contributed by atoms with van der Waals surface area (Å²) in [6.07, 6.45) is 3.19. The predicted octanol–water partition coefficient (Wildman–Crippen LogP) is 3.62. The molecule has 0 spiro atoms. The van der Waals surface area contributed by atoms with E-state index in [4.69, 9.17) is 0 Å². The molecule has 19 heavy (non-hydrogen) atoms. The highest BCUT2D eigenvalue weighted by molar-refractivity contribution is 5.47. The Bertz CT molecular complexity index is 387. The molecule has 1 aliphatic carbocycles. The Kier molecular flexibility index (Phi) is 4.87. The fraction of sp³-hybridized carbons (Fsp3) is 0.647. The van der Waals surface area contributed by atoms with Crippen molar-refractivity contribution in [2.45, 2.75) is 46.1 Å². The number of anilines is 1. The van der Waals surface area contributed by atoms with Crippen LogP contribution in [-0.4, -0.2) is 24.3 Å². The van der Waals surface area contributed by atoms with Crippen LogP contribution in [0.1, 0.15) is 38.7 Å². The number of benzene rings is 1. The molecule has 1 aromatic carbocycles. The molecular formula is C17H27NO. The van der Waals surface area contributed by atoms with Crippen LogP contribution >= 0.6 is 0 Å². The highest BCUT2D eigenvalue weighted by Crippen LogP contribution is 2.30. The summed E-state index contributed by atoms with van der Waals surface area (Å²) in [5.74, 6) is 1.18. The van der Waals surface area contributed by atoms with Crippen molar-refractivity contribution in [2.24, 2.45) is 11.8 Å². The Morgan fingerprint density at radius 2 is 1.89 bits per heavy atom. The lowest BCUT2D eigenvalue weighted by Gasteiger charge is -2.36. The number of aryl methyl sites for hydroxylation is 1. The molecule has 3 unspecified atom stereocenters. The molecule has 0 aromatic heterocycles. The molecule has 0 bridgehead atoms. The second kappa shape index (κ2) is 6.42. The van der Waals surface area contributed by atoms with Crippen LogP contribution < -0.4 is 4.90 Å². The molecule has 0 aliphatic heterocycles. The minimum atomic E-state index is -0.115. The first-order valence-corrected chi connectivity index (χ1v) is 7.59. The maximum Gasteiger partial charge on any atom is 0.0585 e. The largest absolute Gasteiger partial charge is 0.393 e. The third-order valence-corrected chi connectivity index (χ3v) is 4.44. The maximum atomic E-state index is 10.2. The van der Waals surface area contributed by atoms with E-state index < -0.39 is 0 Å². The summed E-state index contributed by atoms with van der Waals surface area (Å²) >= 11 is 0. The van der Waals surface area contributed by atoms with E-state index in [1.165, 1.54) is 17.7 Å². The van der Waals surface area contributed by atoms with Crippen LogP contribution in [0.25, 0.3) is 0 Å². The second-order valence-corrected chi connectivity index (χ2v) is 6.12. The van der Waals surface area contributed by atoms with Crippen molar-refractivity contribution in [3.05, 3.63) is 29.8 Å². The normalized spacial score (nSPS) is 27.3. The van der Waals surface area contributed by atoms with Crippen molar-refractivity contribution in [1.29, 1.82) is 0 Å². The first-order chi connectivity index (χ1) is 9.10. The van der Waals surface area contributed by atoms with Gasteiger partial charge in [0.25, 0.3) is 0 Å². The zero-order chi connectivity index (χ0) is 13.8. The molecular weight excluding hydrogens is 234 g/mol. The van der Waals surface area contributed by atoms with Crippen LogP contribution in [0.3, 0.4) is 0 Å². The van der Waals surface area contributed by atoms with Crippen LogP contribution in [0, 0.1) is 18.8 Å². The van der Waals surface area contributed by atoms with Gasteiger partial charge in [0, 0.05) is 24.7 Å². The fourth-order valence-corrected chi connectivity index (χ4v) is 3.13. The first kappa shape index (κ1) is 14.4. The second-order valence-electron chi connectivity index (χ2n) is 6.12. The Labute approximate surface area is 117 Å². The number of aliphatic hydroxyl groups is 1. The van der Waals surface area contributed by atoms with Crippen LogP contribution in [0.5, 0.6) is 0 Å². The van der Waals surface area contributed by atoms with Gasteiger partial charge in [-0.1, -0.05) is 24.6 Å². The predicted molar refractivity (Wildman–Crippen MR) is 81.6 cm³/mol. The standard InChI is InChI=1S/C17H27NO/c1-4-18(16-8-5-13(2)6-9-16)12-15-11-14(3)7-10-17(15)19/h5-6,8-9,14-15,17,19H,4,7,10-12H2,1-3H3. The molecule has 3 atom stereocenters. The summed E-state index contributed by atoms with van der Waals surface area (Å²) in [4.78, 5) is 2.39. The van der Waals surface area contributed by atoms with Crippen molar-refractivity contribution in [3.8, 4) is 0 Å². The molecule has 0 radical (unpaired) electrons. The van der Waals surface area contributed by atoms with Crippen LogP contribution in [-0.2, 0) is 0 Å². The van der Waals surface area contributed by atoms with E-state index in [-0.39, 0.29) is 6.10 Å². The van der Waals surface area contributed by atoms with E-state index in [9.17, 15) is 5.11 Å². The smallest absolute Gasteiger partial charge is 0.0585 e. The SMILES string of the molecule is CCN(CC1CC(C)CCC1O)c1ccc(C)cc1. The number of hydrogen-bond donors (Lipinski definition) is 1. The molecule has 0 amide bonds. The lowest BCUT2D eigenvalue weighted by molar-refractivity contribution is 0.0552. The summed E-state index contributed by atoms with van der Waals surface area (Å²) in [7, 11) is 0. The molecule has 1 N–H and O–H groups in total. The number of aliphatic hydroxyl groups excluding tert-OH is 1. The van der Waals surface area contributed by atoms with E-state index in [2.05, 4.69) is 49.9 Å². The van der Waals surface area contributed by atoms with E-state index in [0.29, 0.717) is 5.92 Å². The zero-order valence-corrected chi connectivity index (χ0v) is 12.5. The minimum absolute atomic E-state index is 0.115. The third kappa shape index (κ3) is 3.73. The van der Waals surface area contributed by atoms with E-state index in [1.807, 2.05) is 0 Å². The van der Waals surface area contributed by atoms with Crippen molar-refractivity contribution in [1.82, 2.24) is 0 Å². The summed E-state index contributed by atoms with van der Waals surface area (Å²) in [6, 6.07) is 8.71. The lowest BCUT2D eigenvalue weighted by Crippen LogP contribution is -2.38. The fourth-order valence-electron chi connectivity index (χ4n) is 3.13. The molecule has 0 heterocycles. The monoisotopic (exact) mass is 261 g/mol. The van der Waals surface area contributed by atoms with Gasteiger partial charge in [0.1, 0.15) is 0 Å². The van der Waals surface area contributed by atoms with Crippen molar-refractivity contribution < 1.29 is 5.11 Å². The zero-order valence-electron chi connectivity index (χ0n) is 12.5. The molecule has 1 fully saturated rings. The molecule has 2 heteroatoms. The third-order valence-electron chi connectivity index (χ3n) is 4.44. The maximum absolute atomic E-state index is 10.2. The van der Waals surface area contributed by atoms with Crippen LogP contribution in [0.2, 0.25) is 0 Å². The van der Waals surface area contributed by atoms with Gasteiger partial charge in [0.2, 0.25) is 0 Å². The summed E-state index contributed by atoms with van der Waals surface area (Å²) in [5, 5.41) is 10.2. The van der Waals surface area contributed by atoms with E-state index in [0.717, 1.165) is 31.8 Å². The molecule has 2 nitrogen and oxygen atoms in total. The number of nitrogens with zero attached hydrogens (tertiary/aromatic N) is 1. The van der Waals surface area contributed by atoms with E-state index in [1.54, 1.807) is 0 Å². The first-order valence-electron chi connectivity index (χ1n) is 7.59. The Hall–Kier alpha value is -1.02. The van der Waals surface area contributed by atoms with Gasteiger partial charge in [-0.25, -0.2) is 0 Å². The lowest BCUT2D eigenvalue weighted by atomic mass is 9.80. The molecule has 2 rings (SSSR count). The quantitative estimate of drug-likeness (QED) is 0.895. The van der Waals surface area contributed by atoms with E-state index >= 15 is 0 Å². The molecule has 1 aliphatic rings. The van der Waals surface area contributed by atoms with Crippen molar-refractivity contribution in [3.63, 3.8) is 0 Å². The van der Waals surface area contributed by atoms with Crippen molar-refractivity contribution in [2.75, 3.05) is 18.0 Å². The van der Waals surface area contributed by atoms with Gasteiger partial charge in [-0.15, -0.1) is 0 Å². The molecule has 1 saturated carbocycles. The Morgan fingerprint density at radius 3 is 2.53 bits per heavy atom. The Morgan fingerprint density at radius 1 is 1.21 bits per heavy atom. The number of rotatable bonds is 4.